The second-order valence-corrected chi connectivity index (χ2v) is 7.89. The molecule has 0 fully saturated rings. The molecule has 2 heteroatoms. The molecule has 1 N–H and O–H groups in total. The number of nitrogens with one attached hydrogen (secondary N) is 1. The summed E-state index contributed by atoms with van der Waals surface area (Å²) < 4.78 is 0. The van der Waals surface area contributed by atoms with Crippen LogP contribution in [0, 0.1) is 0 Å². The van der Waals surface area contributed by atoms with E-state index in [0.29, 0.717) is 5.38 Å². The summed E-state index contributed by atoms with van der Waals surface area (Å²) in [6.45, 7) is 4.56. The van der Waals surface area contributed by atoms with Gasteiger partial charge < -0.3 is 5.32 Å². The first-order valence-corrected chi connectivity index (χ1v) is 11.4. The van der Waals surface area contributed by atoms with E-state index in [4.69, 9.17) is 11.6 Å². The molecule has 0 aromatic rings. The average Bonchev–Trinajstić information content (AvgIpc) is 2.57. The molecule has 0 radical (unpaired) electrons. The molecule has 0 heterocycles. The van der Waals surface area contributed by atoms with E-state index >= 15 is 0 Å². The van der Waals surface area contributed by atoms with Crippen molar-refractivity contribution in [3.8, 4) is 0 Å². The molecular formula is C22H48ClN. The molecule has 0 rings (SSSR count). The lowest BCUT2D eigenvalue weighted by atomic mass is 10.0. The van der Waals surface area contributed by atoms with Crippen LogP contribution in [0.5, 0.6) is 0 Å². The molecule has 0 aliphatic carbocycles. The molecule has 1 nitrogen and oxygen atoms in total. The fourth-order valence-corrected chi connectivity index (χ4v) is 3.28. The van der Waals surface area contributed by atoms with E-state index in [0.717, 1.165) is 0 Å². The summed E-state index contributed by atoms with van der Waals surface area (Å²) in [6.07, 6.45) is 23.5. The van der Waals surface area contributed by atoms with Gasteiger partial charge in [0.15, 0.2) is 0 Å². The van der Waals surface area contributed by atoms with Gasteiger partial charge in [0.25, 0.3) is 0 Å². The van der Waals surface area contributed by atoms with Crippen LogP contribution in [0.4, 0.5) is 0 Å². The number of alkyl halides is 1. The van der Waals surface area contributed by atoms with Gasteiger partial charge in [-0.3, -0.25) is 0 Å². The lowest BCUT2D eigenvalue weighted by Gasteiger charge is -2.09. The van der Waals surface area contributed by atoms with Gasteiger partial charge in [-0.25, -0.2) is 0 Å². The van der Waals surface area contributed by atoms with E-state index in [1.165, 1.54) is 109 Å². The van der Waals surface area contributed by atoms with E-state index in [-0.39, 0.29) is 0 Å². The fourth-order valence-electron chi connectivity index (χ4n) is 2.97. The monoisotopic (exact) mass is 361 g/mol. The molecule has 0 amide bonds. The zero-order valence-electron chi connectivity index (χ0n) is 17.5. The summed E-state index contributed by atoms with van der Waals surface area (Å²) in [5.74, 6) is 0. The molecule has 0 aromatic carbocycles. The number of hydrogen-bond donors (Lipinski definition) is 1. The molecule has 1 unspecified atom stereocenters. The van der Waals surface area contributed by atoms with Gasteiger partial charge in [0.1, 0.15) is 0 Å². The largest absolute Gasteiger partial charge is 0.323 e. The number of rotatable bonds is 17. The predicted octanol–water partition coefficient (Wildman–Crippen LogP) is 8.10. The third-order valence-electron chi connectivity index (χ3n) is 4.49. The van der Waals surface area contributed by atoms with Crippen molar-refractivity contribution in [3.05, 3.63) is 0 Å². The average molecular weight is 362 g/mol. The minimum absolute atomic E-state index is 0.445. The van der Waals surface area contributed by atoms with Crippen molar-refractivity contribution in [2.75, 3.05) is 14.1 Å². The highest BCUT2D eigenvalue weighted by Gasteiger charge is 2.04. The van der Waals surface area contributed by atoms with Crippen LogP contribution in [0.15, 0.2) is 0 Å². The quantitative estimate of drug-likeness (QED) is 0.204. The van der Waals surface area contributed by atoms with Crippen molar-refractivity contribution in [1.29, 1.82) is 0 Å². The number of unbranched alkanes of at least 4 members (excludes halogenated alkanes) is 13. The van der Waals surface area contributed by atoms with Gasteiger partial charge in [-0.15, -0.1) is 11.6 Å². The molecule has 0 bridgehead atoms. The molecule has 0 aliphatic rings. The van der Waals surface area contributed by atoms with Crippen molar-refractivity contribution in [1.82, 2.24) is 5.32 Å². The summed E-state index contributed by atoms with van der Waals surface area (Å²) in [4.78, 5) is 0. The Hall–Kier alpha value is 0.250. The Morgan fingerprint density at radius 3 is 1.08 bits per heavy atom. The Balaban J connectivity index is 0. The summed E-state index contributed by atoms with van der Waals surface area (Å²) in [5.41, 5.74) is 0. The SMILES string of the molecule is CCCCCCCCCCC(Cl)CCCCCCCCC.CNC. The van der Waals surface area contributed by atoms with Gasteiger partial charge in [0.05, 0.1) is 0 Å². The van der Waals surface area contributed by atoms with Crippen molar-refractivity contribution in [3.63, 3.8) is 0 Å². The third-order valence-corrected chi connectivity index (χ3v) is 4.93. The van der Waals surface area contributed by atoms with Gasteiger partial charge >= 0.3 is 0 Å². The van der Waals surface area contributed by atoms with Crippen LogP contribution < -0.4 is 5.32 Å². The van der Waals surface area contributed by atoms with Crippen LogP contribution in [0.25, 0.3) is 0 Å². The second kappa shape index (κ2) is 25.5. The van der Waals surface area contributed by atoms with Crippen molar-refractivity contribution >= 4 is 11.6 Å². The zero-order chi connectivity index (χ0) is 18.3. The van der Waals surface area contributed by atoms with Crippen LogP contribution in [-0.4, -0.2) is 19.5 Å². The minimum atomic E-state index is 0.445. The standard InChI is InChI=1S/C20H41Cl.C2H7N/c1-3-5-7-9-11-13-15-17-19-20(21)18-16-14-12-10-8-6-4-2;1-3-2/h20H,3-19H2,1-2H3;3H,1-2H3. The lowest BCUT2D eigenvalue weighted by Crippen LogP contribution is -1.98. The Morgan fingerprint density at radius 2 is 0.792 bits per heavy atom. The maximum atomic E-state index is 6.42. The zero-order valence-corrected chi connectivity index (χ0v) is 18.2. The summed E-state index contributed by atoms with van der Waals surface area (Å²) in [6, 6.07) is 0. The van der Waals surface area contributed by atoms with Crippen LogP contribution in [0.3, 0.4) is 0 Å². The fraction of sp³-hybridized carbons (Fsp3) is 1.00. The van der Waals surface area contributed by atoms with E-state index in [9.17, 15) is 0 Å². The summed E-state index contributed by atoms with van der Waals surface area (Å²) >= 11 is 6.42. The number of halogens is 1. The Bertz CT molecular complexity index is 196. The smallest absolute Gasteiger partial charge is 0.0336 e. The van der Waals surface area contributed by atoms with E-state index < -0.39 is 0 Å². The first-order valence-electron chi connectivity index (χ1n) is 10.9. The maximum absolute atomic E-state index is 6.42. The molecular weight excluding hydrogens is 314 g/mol. The van der Waals surface area contributed by atoms with Gasteiger partial charge in [0, 0.05) is 5.38 Å². The van der Waals surface area contributed by atoms with Gasteiger partial charge in [-0.1, -0.05) is 110 Å². The first-order chi connectivity index (χ1) is 11.7. The highest BCUT2D eigenvalue weighted by molar-refractivity contribution is 6.20. The van der Waals surface area contributed by atoms with Crippen molar-refractivity contribution in [2.24, 2.45) is 0 Å². The van der Waals surface area contributed by atoms with Crippen molar-refractivity contribution in [2.45, 2.75) is 128 Å². The first kappa shape index (κ1) is 26.5. The topological polar surface area (TPSA) is 12.0 Å². The van der Waals surface area contributed by atoms with Crippen LogP contribution in [0.1, 0.15) is 123 Å². The molecule has 0 spiro atoms. The molecule has 0 aliphatic heterocycles. The molecule has 1 atom stereocenters. The summed E-state index contributed by atoms with van der Waals surface area (Å²) in [7, 11) is 3.75. The Kier molecular flexibility index (Phi) is 28.1. The van der Waals surface area contributed by atoms with E-state index in [1.807, 2.05) is 14.1 Å². The highest BCUT2D eigenvalue weighted by atomic mass is 35.5. The van der Waals surface area contributed by atoms with Gasteiger partial charge in [0.2, 0.25) is 0 Å². The molecule has 148 valence electrons. The normalized spacial score (nSPS) is 11.9. The molecule has 0 saturated heterocycles. The van der Waals surface area contributed by atoms with Crippen LogP contribution in [0.2, 0.25) is 0 Å². The lowest BCUT2D eigenvalue weighted by molar-refractivity contribution is 0.530. The molecule has 24 heavy (non-hydrogen) atoms. The summed E-state index contributed by atoms with van der Waals surface area (Å²) in [5, 5.41) is 3.20. The second-order valence-electron chi connectivity index (χ2n) is 7.27. The van der Waals surface area contributed by atoms with Crippen LogP contribution in [-0.2, 0) is 0 Å². The Labute approximate surface area is 159 Å². The highest BCUT2D eigenvalue weighted by Crippen LogP contribution is 2.18. The predicted molar refractivity (Wildman–Crippen MR) is 114 cm³/mol. The maximum Gasteiger partial charge on any atom is 0.0336 e. The minimum Gasteiger partial charge on any atom is -0.323 e. The van der Waals surface area contributed by atoms with Crippen molar-refractivity contribution < 1.29 is 0 Å². The van der Waals surface area contributed by atoms with Gasteiger partial charge in [-0.05, 0) is 26.9 Å². The van der Waals surface area contributed by atoms with E-state index in [2.05, 4.69) is 19.2 Å². The number of hydrogen-bond acceptors (Lipinski definition) is 1. The Morgan fingerprint density at radius 1 is 0.542 bits per heavy atom. The molecule has 0 saturated carbocycles. The third kappa shape index (κ3) is 27.1. The van der Waals surface area contributed by atoms with Crippen LogP contribution >= 0.6 is 11.6 Å². The van der Waals surface area contributed by atoms with Gasteiger partial charge in [-0.2, -0.15) is 0 Å². The molecule has 0 aromatic heterocycles. The van der Waals surface area contributed by atoms with E-state index in [1.54, 1.807) is 0 Å².